The second-order valence-electron chi connectivity index (χ2n) is 7.57. The van der Waals surface area contributed by atoms with Crippen LogP contribution in [0.15, 0.2) is 30.3 Å². The van der Waals surface area contributed by atoms with E-state index in [4.69, 9.17) is 22.8 Å². The van der Waals surface area contributed by atoms with E-state index in [9.17, 15) is 18.9 Å². The van der Waals surface area contributed by atoms with E-state index in [-0.39, 0.29) is 44.9 Å². The van der Waals surface area contributed by atoms with Gasteiger partial charge in [0.1, 0.15) is 6.10 Å². The summed E-state index contributed by atoms with van der Waals surface area (Å²) < 4.78 is 49.9. The molecule has 2 N–H and O–H groups in total. The molecular weight excluding hydrogens is 446 g/mol. The van der Waals surface area contributed by atoms with Crippen LogP contribution in [0, 0.1) is 11.8 Å². The van der Waals surface area contributed by atoms with Crippen LogP contribution in [0.2, 0.25) is 0 Å². The van der Waals surface area contributed by atoms with Crippen molar-refractivity contribution in [2.75, 3.05) is 26.4 Å². The van der Waals surface area contributed by atoms with Gasteiger partial charge in [0.2, 0.25) is 0 Å². The zero-order valence-electron chi connectivity index (χ0n) is 18.7. The van der Waals surface area contributed by atoms with Crippen LogP contribution in [0.25, 0.3) is 0 Å². The number of phosphoric ester groups is 2. The van der Waals surface area contributed by atoms with E-state index in [2.05, 4.69) is 0 Å². The Bertz CT molecular complexity index is 663. The van der Waals surface area contributed by atoms with Gasteiger partial charge in [-0.1, -0.05) is 70.9 Å². The second-order valence-corrected chi connectivity index (χ2v) is 10.5. The van der Waals surface area contributed by atoms with Crippen LogP contribution in [0.1, 0.15) is 46.1 Å². The third kappa shape index (κ3) is 13.5. The van der Waals surface area contributed by atoms with Crippen LogP contribution >= 0.6 is 15.6 Å². The lowest BCUT2D eigenvalue weighted by Crippen LogP contribution is -2.25. The zero-order valence-corrected chi connectivity index (χ0v) is 20.5. The average Bonchev–Trinajstić information content (AvgIpc) is 2.76. The van der Waals surface area contributed by atoms with Gasteiger partial charge in [-0.2, -0.15) is 0 Å². The summed E-state index contributed by atoms with van der Waals surface area (Å²) in [7, 11) is -8.60. The third-order valence-electron chi connectivity index (χ3n) is 4.61. The van der Waals surface area contributed by atoms with Crippen molar-refractivity contribution in [3.63, 3.8) is 0 Å². The Morgan fingerprint density at radius 1 is 0.774 bits per heavy atom. The maximum atomic E-state index is 12.1. The monoisotopic (exact) mass is 482 g/mol. The van der Waals surface area contributed by atoms with Crippen molar-refractivity contribution in [2.45, 2.75) is 53.2 Å². The van der Waals surface area contributed by atoms with Crippen LogP contribution in [-0.4, -0.2) is 42.3 Å². The Balaban J connectivity index is 2.65. The van der Waals surface area contributed by atoms with Crippen molar-refractivity contribution in [3.05, 3.63) is 35.9 Å². The maximum Gasteiger partial charge on any atom is 0.472 e. The largest absolute Gasteiger partial charge is 0.472 e. The lowest BCUT2D eigenvalue weighted by atomic mass is 10.1. The predicted molar refractivity (Wildman–Crippen MR) is 117 cm³/mol. The summed E-state index contributed by atoms with van der Waals surface area (Å²) >= 11 is 0. The minimum atomic E-state index is -4.30. The highest BCUT2D eigenvalue weighted by Crippen LogP contribution is 2.45. The van der Waals surface area contributed by atoms with E-state index < -0.39 is 21.7 Å². The molecule has 0 heterocycles. The fourth-order valence-electron chi connectivity index (χ4n) is 2.04. The first-order valence-electron chi connectivity index (χ1n) is 10.5. The van der Waals surface area contributed by atoms with Crippen molar-refractivity contribution in [2.24, 2.45) is 11.8 Å². The van der Waals surface area contributed by atoms with E-state index in [1.54, 1.807) is 0 Å². The lowest BCUT2D eigenvalue weighted by molar-refractivity contribution is -0.0319. The molecule has 180 valence electrons. The fourth-order valence-corrected chi connectivity index (χ4v) is 3.78. The number of hydrogen-bond donors (Lipinski definition) is 2. The smallest absolute Gasteiger partial charge is 0.369 e. The highest BCUT2D eigenvalue weighted by molar-refractivity contribution is 7.47. The first-order valence-corrected chi connectivity index (χ1v) is 13.4. The zero-order chi connectivity index (χ0) is 23.3. The Labute approximate surface area is 185 Å². The maximum absolute atomic E-state index is 12.1. The van der Waals surface area contributed by atoms with Crippen molar-refractivity contribution in [3.8, 4) is 0 Å². The molecule has 9 nitrogen and oxygen atoms in total. The molecular formula is C20H36O9P2. The van der Waals surface area contributed by atoms with Gasteiger partial charge in [-0.3, -0.25) is 18.1 Å². The molecule has 1 aromatic carbocycles. The Kier molecular flexibility index (Phi) is 13.3. The minimum Gasteiger partial charge on any atom is -0.369 e. The van der Waals surface area contributed by atoms with Crippen molar-refractivity contribution in [1.29, 1.82) is 0 Å². The van der Waals surface area contributed by atoms with E-state index >= 15 is 0 Å². The van der Waals surface area contributed by atoms with Gasteiger partial charge >= 0.3 is 15.6 Å². The average molecular weight is 482 g/mol. The molecule has 0 saturated carbocycles. The van der Waals surface area contributed by atoms with Gasteiger partial charge in [0.05, 0.1) is 33.0 Å². The SMILES string of the molecule is CCC(C)COP(=O)(O)OCC(COP(=O)(O)OCC(C)CC)OCc1ccccc1. The highest BCUT2D eigenvalue weighted by atomic mass is 31.2. The van der Waals surface area contributed by atoms with Crippen LogP contribution < -0.4 is 0 Å². The summed E-state index contributed by atoms with van der Waals surface area (Å²) in [6.45, 7) is 7.23. The molecule has 0 aliphatic heterocycles. The minimum absolute atomic E-state index is 0.0750. The normalized spacial score (nSPS) is 18.6. The van der Waals surface area contributed by atoms with E-state index in [0.29, 0.717) is 0 Å². The van der Waals surface area contributed by atoms with Crippen LogP contribution in [0.3, 0.4) is 0 Å². The molecule has 0 bridgehead atoms. The van der Waals surface area contributed by atoms with E-state index in [1.165, 1.54) is 0 Å². The topological polar surface area (TPSA) is 121 Å². The summed E-state index contributed by atoms with van der Waals surface area (Å²) in [5, 5.41) is 0. The van der Waals surface area contributed by atoms with Gasteiger partial charge in [0.25, 0.3) is 0 Å². The van der Waals surface area contributed by atoms with Gasteiger partial charge < -0.3 is 14.5 Å². The molecule has 0 fully saturated rings. The number of benzene rings is 1. The lowest BCUT2D eigenvalue weighted by Gasteiger charge is -2.22. The first kappa shape index (κ1) is 28.4. The Morgan fingerprint density at radius 3 is 1.61 bits per heavy atom. The van der Waals surface area contributed by atoms with Crippen molar-refractivity contribution < 1.29 is 41.7 Å². The molecule has 0 amide bonds. The quantitative estimate of drug-likeness (QED) is 0.298. The molecule has 0 spiro atoms. The summed E-state index contributed by atoms with van der Waals surface area (Å²) in [4.78, 5) is 19.8. The van der Waals surface area contributed by atoms with Gasteiger partial charge in [0, 0.05) is 0 Å². The second kappa shape index (κ2) is 14.5. The van der Waals surface area contributed by atoms with E-state index in [1.807, 2.05) is 58.0 Å². The molecule has 4 atom stereocenters. The van der Waals surface area contributed by atoms with Gasteiger partial charge in [-0.15, -0.1) is 0 Å². The molecule has 1 rings (SSSR count). The van der Waals surface area contributed by atoms with E-state index in [0.717, 1.165) is 18.4 Å². The van der Waals surface area contributed by atoms with Crippen molar-refractivity contribution >= 4 is 15.6 Å². The molecule has 0 aromatic heterocycles. The van der Waals surface area contributed by atoms with Crippen LogP contribution in [-0.2, 0) is 38.6 Å². The molecule has 31 heavy (non-hydrogen) atoms. The highest BCUT2D eigenvalue weighted by Gasteiger charge is 2.28. The van der Waals surface area contributed by atoms with Gasteiger partial charge in [-0.05, 0) is 17.4 Å². The molecule has 0 aliphatic rings. The molecule has 11 heteroatoms. The summed E-state index contributed by atoms with van der Waals surface area (Å²) in [5.74, 6) is 0.195. The number of hydrogen-bond acceptors (Lipinski definition) is 7. The number of ether oxygens (including phenoxy) is 1. The standard InChI is InChI=1S/C20H36O9P2/c1-5-17(3)12-26-30(21,22)28-15-20(25-14-19-10-8-7-9-11-19)16-29-31(23,24)27-13-18(4)6-2/h7-11,17-18,20H,5-6,12-16H2,1-4H3,(H,21,22)(H,23,24). The van der Waals surface area contributed by atoms with Crippen LogP contribution in [0.4, 0.5) is 0 Å². The molecule has 0 aliphatic carbocycles. The summed E-state index contributed by atoms with van der Waals surface area (Å²) in [5.41, 5.74) is 0.855. The molecule has 1 aromatic rings. The number of rotatable bonds is 17. The summed E-state index contributed by atoms with van der Waals surface area (Å²) in [6, 6.07) is 9.24. The molecule has 4 unspecified atom stereocenters. The van der Waals surface area contributed by atoms with Crippen LogP contribution in [0.5, 0.6) is 0 Å². The molecule has 0 saturated heterocycles. The fraction of sp³-hybridized carbons (Fsp3) is 0.700. The van der Waals surface area contributed by atoms with Crippen molar-refractivity contribution in [1.82, 2.24) is 0 Å². The number of phosphoric acid groups is 2. The Hall–Kier alpha value is -0.600. The molecule has 0 radical (unpaired) electrons. The van der Waals surface area contributed by atoms with Gasteiger partial charge in [-0.25, -0.2) is 9.13 Å². The summed E-state index contributed by atoms with van der Waals surface area (Å²) in [6.07, 6.45) is 0.679. The third-order valence-corrected chi connectivity index (χ3v) is 6.52. The van der Waals surface area contributed by atoms with Gasteiger partial charge in [0.15, 0.2) is 0 Å². The Morgan fingerprint density at radius 2 is 1.19 bits per heavy atom. The first-order chi connectivity index (χ1) is 14.6. The predicted octanol–water partition coefficient (Wildman–Crippen LogP) is 4.93.